The van der Waals surface area contributed by atoms with Crippen LogP contribution in [0.2, 0.25) is 0 Å². The number of unbranched alkanes of at least 4 members (excludes halogenated alkanes) is 2. The Hall–Kier alpha value is -2.09. The van der Waals surface area contributed by atoms with Crippen molar-refractivity contribution in [2.24, 2.45) is 0 Å². The van der Waals surface area contributed by atoms with Crippen LogP contribution in [0.1, 0.15) is 48.5 Å². The van der Waals surface area contributed by atoms with Crippen LogP contribution in [0.3, 0.4) is 0 Å². The normalized spacial score (nSPS) is 10.3. The lowest BCUT2D eigenvalue weighted by Gasteiger charge is -2.08. The molecule has 0 saturated heterocycles. The Kier molecular flexibility index (Phi) is 6.01. The molecule has 0 aliphatic carbocycles. The zero-order valence-electron chi connectivity index (χ0n) is 12.5. The molecule has 110 valence electrons. The molecule has 2 heteroatoms. The maximum Gasteiger partial charge on any atom is 0.163 e. The number of hydrogen-bond donors (Lipinski definition) is 0. The zero-order valence-corrected chi connectivity index (χ0v) is 12.5. The minimum atomic E-state index is 0.202. The Bertz CT molecular complexity index is 561. The van der Waals surface area contributed by atoms with Gasteiger partial charge in [0.15, 0.2) is 5.78 Å². The third-order valence-corrected chi connectivity index (χ3v) is 3.41. The molecule has 2 nitrogen and oxygen atoms in total. The molecular weight excluding hydrogens is 260 g/mol. The highest BCUT2D eigenvalue weighted by Crippen LogP contribution is 2.17. The van der Waals surface area contributed by atoms with Crippen LogP contribution in [0.5, 0.6) is 5.75 Å². The van der Waals surface area contributed by atoms with E-state index < -0.39 is 0 Å². The maximum absolute atomic E-state index is 12.1. The Labute approximate surface area is 126 Å². The molecule has 0 radical (unpaired) electrons. The molecule has 0 aromatic heterocycles. The summed E-state index contributed by atoms with van der Waals surface area (Å²) < 4.78 is 5.76. The Balaban J connectivity index is 1.92. The van der Waals surface area contributed by atoms with E-state index in [0.29, 0.717) is 13.0 Å². The predicted octanol–water partition coefficient (Wildman–Crippen LogP) is 5.03. The van der Waals surface area contributed by atoms with E-state index in [1.54, 1.807) is 0 Å². The molecule has 0 spiro atoms. The lowest BCUT2D eigenvalue weighted by Crippen LogP contribution is -2.00. The van der Waals surface area contributed by atoms with Crippen molar-refractivity contribution in [3.8, 4) is 5.75 Å². The number of carbonyl (C=O) groups excluding carboxylic acids is 1. The van der Waals surface area contributed by atoms with Gasteiger partial charge in [-0.15, -0.1) is 0 Å². The van der Waals surface area contributed by atoms with Crippen LogP contribution in [-0.4, -0.2) is 5.78 Å². The maximum atomic E-state index is 12.1. The molecule has 2 aromatic carbocycles. The van der Waals surface area contributed by atoms with E-state index >= 15 is 0 Å². The fourth-order valence-corrected chi connectivity index (χ4v) is 2.18. The summed E-state index contributed by atoms with van der Waals surface area (Å²) in [5.74, 6) is 0.953. The van der Waals surface area contributed by atoms with Gasteiger partial charge in [-0.2, -0.15) is 0 Å². The average molecular weight is 282 g/mol. The van der Waals surface area contributed by atoms with E-state index in [1.807, 2.05) is 54.6 Å². The van der Waals surface area contributed by atoms with Crippen molar-refractivity contribution in [1.29, 1.82) is 0 Å². The summed E-state index contributed by atoms with van der Waals surface area (Å²) in [6.07, 6.45) is 3.82. The molecule has 0 saturated carbocycles. The van der Waals surface area contributed by atoms with Crippen molar-refractivity contribution in [3.63, 3.8) is 0 Å². The number of hydrogen-bond acceptors (Lipinski definition) is 2. The topological polar surface area (TPSA) is 26.3 Å². The van der Waals surface area contributed by atoms with Crippen molar-refractivity contribution in [3.05, 3.63) is 65.7 Å². The van der Waals surface area contributed by atoms with Crippen molar-refractivity contribution >= 4 is 5.78 Å². The van der Waals surface area contributed by atoms with Gasteiger partial charge in [-0.1, -0.05) is 62.2 Å². The van der Waals surface area contributed by atoms with Gasteiger partial charge in [0.2, 0.25) is 0 Å². The van der Waals surface area contributed by atoms with Gasteiger partial charge in [-0.25, -0.2) is 0 Å². The van der Waals surface area contributed by atoms with Gasteiger partial charge >= 0.3 is 0 Å². The summed E-state index contributed by atoms with van der Waals surface area (Å²) in [7, 11) is 0. The lowest BCUT2D eigenvalue weighted by atomic mass is 10.0. The number of Topliss-reactive ketones (excluding diaryl/α,β-unsaturated/α-hetero) is 1. The number of ether oxygens (including phenoxy) is 1. The molecule has 0 amide bonds. The average Bonchev–Trinajstić information content (AvgIpc) is 2.54. The minimum Gasteiger partial charge on any atom is -0.489 e. The van der Waals surface area contributed by atoms with Gasteiger partial charge < -0.3 is 4.74 Å². The summed E-state index contributed by atoms with van der Waals surface area (Å²) in [4.78, 5) is 12.1. The summed E-state index contributed by atoms with van der Waals surface area (Å²) in [5, 5.41) is 0. The Morgan fingerprint density at radius 3 is 2.57 bits per heavy atom. The predicted molar refractivity (Wildman–Crippen MR) is 85.7 cm³/mol. The van der Waals surface area contributed by atoms with Gasteiger partial charge in [-0.05, 0) is 24.1 Å². The number of benzene rings is 2. The highest BCUT2D eigenvalue weighted by molar-refractivity contribution is 5.96. The lowest BCUT2D eigenvalue weighted by molar-refractivity contribution is 0.0979. The second-order valence-electron chi connectivity index (χ2n) is 5.18. The van der Waals surface area contributed by atoms with Crippen molar-refractivity contribution in [2.75, 3.05) is 0 Å². The smallest absolute Gasteiger partial charge is 0.163 e. The molecule has 0 fully saturated rings. The van der Waals surface area contributed by atoms with Crippen LogP contribution >= 0.6 is 0 Å². The van der Waals surface area contributed by atoms with Gasteiger partial charge in [0.1, 0.15) is 12.4 Å². The van der Waals surface area contributed by atoms with Gasteiger partial charge in [-0.3, -0.25) is 4.79 Å². The first-order valence-electron chi connectivity index (χ1n) is 7.59. The molecule has 2 aromatic rings. The van der Waals surface area contributed by atoms with Crippen LogP contribution < -0.4 is 4.74 Å². The Morgan fingerprint density at radius 1 is 1.00 bits per heavy atom. The second-order valence-corrected chi connectivity index (χ2v) is 5.18. The molecule has 0 aliphatic heterocycles. The first-order valence-corrected chi connectivity index (χ1v) is 7.59. The van der Waals surface area contributed by atoms with Crippen molar-refractivity contribution in [2.45, 2.75) is 39.2 Å². The molecule has 0 atom stereocenters. The third kappa shape index (κ3) is 5.07. The van der Waals surface area contributed by atoms with E-state index in [-0.39, 0.29) is 5.78 Å². The molecule has 0 heterocycles. The van der Waals surface area contributed by atoms with Crippen LogP contribution in [0, 0.1) is 0 Å². The highest BCUT2D eigenvalue weighted by atomic mass is 16.5. The van der Waals surface area contributed by atoms with Gasteiger partial charge in [0.25, 0.3) is 0 Å². The van der Waals surface area contributed by atoms with Crippen LogP contribution in [0.25, 0.3) is 0 Å². The first kappa shape index (κ1) is 15.3. The van der Waals surface area contributed by atoms with E-state index in [9.17, 15) is 4.79 Å². The summed E-state index contributed by atoms with van der Waals surface area (Å²) in [6, 6.07) is 17.5. The molecular formula is C19H22O2. The van der Waals surface area contributed by atoms with Gasteiger partial charge in [0, 0.05) is 12.0 Å². The van der Waals surface area contributed by atoms with Crippen LogP contribution in [0.4, 0.5) is 0 Å². The summed E-state index contributed by atoms with van der Waals surface area (Å²) in [5.41, 5.74) is 1.87. The highest BCUT2D eigenvalue weighted by Gasteiger charge is 2.06. The number of ketones is 1. The molecule has 0 N–H and O–H groups in total. The molecule has 2 rings (SSSR count). The van der Waals surface area contributed by atoms with E-state index in [0.717, 1.165) is 36.1 Å². The largest absolute Gasteiger partial charge is 0.489 e. The van der Waals surface area contributed by atoms with Crippen LogP contribution in [0.15, 0.2) is 54.6 Å². The number of carbonyl (C=O) groups is 1. The standard InChI is InChI=1S/C19H22O2/c1-2-3-5-13-19(20)17-11-8-12-18(14-17)21-15-16-9-6-4-7-10-16/h4,6-12,14H,2-3,5,13,15H2,1H3. The monoisotopic (exact) mass is 282 g/mol. The fraction of sp³-hybridized carbons (Fsp3) is 0.316. The summed E-state index contributed by atoms with van der Waals surface area (Å²) in [6.45, 7) is 2.66. The second kappa shape index (κ2) is 8.25. The quantitative estimate of drug-likeness (QED) is 0.501. The fourth-order valence-electron chi connectivity index (χ4n) is 2.18. The first-order chi connectivity index (χ1) is 10.3. The van der Waals surface area contributed by atoms with Crippen molar-refractivity contribution < 1.29 is 9.53 Å². The van der Waals surface area contributed by atoms with Gasteiger partial charge in [0.05, 0.1) is 0 Å². The Morgan fingerprint density at radius 2 is 1.81 bits per heavy atom. The van der Waals surface area contributed by atoms with Crippen LogP contribution in [-0.2, 0) is 6.61 Å². The zero-order chi connectivity index (χ0) is 14.9. The molecule has 0 unspecified atom stereocenters. The molecule has 0 bridgehead atoms. The third-order valence-electron chi connectivity index (χ3n) is 3.41. The molecule has 0 aliphatic rings. The van der Waals surface area contributed by atoms with E-state index in [4.69, 9.17) is 4.74 Å². The SMILES string of the molecule is CCCCCC(=O)c1cccc(OCc2ccccc2)c1. The summed E-state index contributed by atoms with van der Waals surface area (Å²) >= 11 is 0. The number of rotatable bonds is 8. The minimum absolute atomic E-state index is 0.202. The van der Waals surface area contributed by atoms with Crippen molar-refractivity contribution in [1.82, 2.24) is 0 Å². The van der Waals surface area contributed by atoms with E-state index in [1.165, 1.54) is 0 Å². The van der Waals surface area contributed by atoms with E-state index in [2.05, 4.69) is 6.92 Å². The molecule has 21 heavy (non-hydrogen) atoms.